The highest BCUT2D eigenvalue weighted by molar-refractivity contribution is 7.22. The van der Waals surface area contributed by atoms with Gasteiger partial charge in [-0.3, -0.25) is 9.59 Å². The standard InChI is InChI=1S/C16H7F3N2O3S/c17-16(18,19)7-4-5-9-11(6-7)25-15(20-9)21-13(23)8-2-1-3-10(22)12(8)14(21)24/h1-6,22H. The topological polar surface area (TPSA) is 70.5 Å². The molecule has 0 fully saturated rings. The Labute approximate surface area is 141 Å². The van der Waals surface area contributed by atoms with E-state index in [0.29, 0.717) is 0 Å². The number of halogens is 3. The number of thiazole rings is 1. The molecule has 0 atom stereocenters. The van der Waals surface area contributed by atoms with Gasteiger partial charge < -0.3 is 5.11 Å². The number of phenolic OH excluding ortho intramolecular Hbond substituents is 1. The summed E-state index contributed by atoms with van der Waals surface area (Å²) in [7, 11) is 0. The summed E-state index contributed by atoms with van der Waals surface area (Å²) >= 11 is 0.800. The van der Waals surface area contributed by atoms with E-state index >= 15 is 0 Å². The third kappa shape index (κ3) is 2.27. The predicted molar refractivity (Wildman–Crippen MR) is 83.9 cm³/mol. The van der Waals surface area contributed by atoms with E-state index in [1.165, 1.54) is 24.3 Å². The number of rotatable bonds is 1. The zero-order valence-electron chi connectivity index (χ0n) is 12.2. The van der Waals surface area contributed by atoms with Crippen LogP contribution in [0.15, 0.2) is 36.4 Å². The summed E-state index contributed by atoms with van der Waals surface area (Å²) in [4.78, 5) is 29.8. The van der Waals surface area contributed by atoms with Crippen molar-refractivity contribution in [2.24, 2.45) is 0 Å². The molecule has 1 aliphatic rings. The van der Waals surface area contributed by atoms with Gasteiger partial charge in [-0.15, -0.1) is 0 Å². The minimum Gasteiger partial charge on any atom is -0.507 e. The van der Waals surface area contributed by atoms with Crippen molar-refractivity contribution in [1.29, 1.82) is 0 Å². The van der Waals surface area contributed by atoms with Gasteiger partial charge in [-0.05, 0) is 30.3 Å². The van der Waals surface area contributed by atoms with Crippen molar-refractivity contribution in [3.63, 3.8) is 0 Å². The highest BCUT2D eigenvalue weighted by Gasteiger charge is 2.40. The number of aromatic nitrogens is 1. The lowest BCUT2D eigenvalue weighted by Gasteiger charge is -2.08. The van der Waals surface area contributed by atoms with Crippen LogP contribution in [0.3, 0.4) is 0 Å². The smallest absolute Gasteiger partial charge is 0.416 e. The van der Waals surface area contributed by atoms with Crippen molar-refractivity contribution in [3.8, 4) is 5.75 Å². The van der Waals surface area contributed by atoms with Crippen LogP contribution in [0, 0.1) is 0 Å². The van der Waals surface area contributed by atoms with Crippen LogP contribution in [0.1, 0.15) is 26.3 Å². The molecule has 0 bridgehead atoms. The van der Waals surface area contributed by atoms with Crippen molar-refractivity contribution < 1.29 is 27.9 Å². The van der Waals surface area contributed by atoms with Gasteiger partial charge in [0.1, 0.15) is 5.75 Å². The molecule has 1 aromatic heterocycles. The Hall–Kier alpha value is -2.94. The number of hydrogen-bond donors (Lipinski definition) is 1. The van der Waals surface area contributed by atoms with Crippen LogP contribution < -0.4 is 4.90 Å². The summed E-state index contributed by atoms with van der Waals surface area (Å²) < 4.78 is 38.6. The maximum Gasteiger partial charge on any atom is 0.416 e. The molecular formula is C16H7F3N2O3S. The van der Waals surface area contributed by atoms with E-state index in [-0.39, 0.29) is 32.2 Å². The molecule has 2 heterocycles. The summed E-state index contributed by atoms with van der Waals surface area (Å²) in [6.07, 6.45) is -4.50. The number of imide groups is 1. The lowest BCUT2D eigenvalue weighted by molar-refractivity contribution is -0.137. The van der Waals surface area contributed by atoms with Gasteiger partial charge in [0.25, 0.3) is 11.8 Å². The van der Waals surface area contributed by atoms with Crippen LogP contribution >= 0.6 is 11.3 Å². The van der Waals surface area contributed by atoms with Crippen LogP contribution in [0.2, 0.25) is 0 Å². The van der Waals surface area contributed by atoms with Crippen LogP contribution in [0.5, 0.6) is 5.75 Å². The Morgan fingerprint density at radius 2 is 1.84 bits per heavy atom. The van der Waals surface area contributed by atoms with Gasteiger partial charge in [0.15, 0.2) is 0 Å². The number of nitrogens with zero attached hydrogens (tertiary/aromatic N) is 2. The van der Waals surface area contributed by atoms with E-state index in [9.17, 15) is 27.9 Å². The first-order valence-corrected chi connectivity index (χ1v) is 7.77. The quantitative estimate of drug-likeness (QED) is 0.667. The molecule has 0 radical (unpaired) electrons. The molecule has 9 heteroatoms. The van der Waals surface area contributed by atoms with E-state index in [4.69, 9.17) is 0 Å². The molecule has 5 nitrogen and oxygen atoms in total. The largest absolute Gasteiger partial charge is 0.507 e. The van der Waals surface area contributed by atoms with Gasteiger partial charge in [-0.2, -0.15) is 13.2 Å². The SMILES string of the molecule is O=C1c2cccc(O)c2C(=O)N1c1nc2ccc(C(F)(F)F)cc2s1. The maximum absolute atomic E-state index is 12.8. The molecule has 0 saturated heterocycles. The Bertz CT molecular complexity index is 1060. The van der Waals surface area contributed by atoms with E-state index in [0.717, 1.165) is 28.4 Å². The molecule has 0 spiro atoms. The van der Waals surface area contributed by atoms with Crippen molar-refractivity contribution in [2.75, 3.05) is 4.90 Å². The first-order chi connectivity index (χ1) is 11.8. The minimum atomic E-state index is -4.50. The van der Waals surface area contributed by atoms with Gasteiger partial charge >= 0.3 is 6.18 Å². The second-order valence-electron chi connectivity index (χ2n) is 5.32. The Morgan fingerprint density at radius 3 is 2.52 bits per heavy atom. The van der Waals surface area contributed by atoms with Crippen LogP contribution in [-0.2, 0) is 6.18 Å². The van der Waals surface area contributed by atoms with Crippen LogP contribution in [0.4, 0.5) is 18.3 Å². The zero-order chi connectivity index (χ0) is 17.9. The molecule has 2 amide bonds. The van der Waals surface area contributed by atoms with E-state index in [1.54, 1.807) is 0 Å². The summed E-state index contributed by atoms with van der Waals surface area (Å²) in [5, 5.41) is 9.77. The third-order valence-corrected chi connectivity index (χ3v) is 4.79. The van der Waals surface area contributed by atoms with E-state index in [1.807, 2.05) is 0 Å². The Morgan fingerprint density at radius 1 is 1.08 bits per heavy atom. The number of alkyl halides is 3. The number of hydrogen-bond acceptors (Lipinski definition) is 5. The average Bonchev–Trinajstić information content (AvgIpc) is 3.06. The van der Waals surface area contributed by atoms with Crippen molar-refractivity contribution in [1.82, 2.24) is 4.98 Å². The highest BCUT2D eigenvalue weighted by atomic mass is 32.1. The zero-order valence-corrected chi connectivity index (χ0v) is 13.0. The fourth-order valence-corrected chi connectivity index (χ4v) is 3.63. The number of carbonyl (C=O) groups is 2. The van der Waals surface area contributed by atoms with Crippen molar-refractivity contribution in [2.45, 2.75) is 6.18 Å². The Kier molecular flexibility index (Phi) is 3.13. The summed E-state index contributed by atoms with van der Waals surface area (Å²) in [6.45, 7) is 0. The summed E-state index contributed by atoms with van der Waals surface area (Å²) in [5.41, 5.74) is -0.702. The number of carbonyl (C=O) groups excluding carboxylic acids is 2. The number of anilines is 1. The third-order valence-electron chi connectivity index (χ3n) is 3.79. The fraction of sp³-hybridized carbons (Fsp3) is 0.0625. The molecule has 4 rings (SSSR count). The number of benzene rings is 2. The molecule has 0 unspecified atom stereocenters. The molecular weight excluding hydrogens is 357 g/mol. The van der Waals surface area contributed by atoms with E-state index < -0.39 is 23.6 Å². The number of aromatic hydroxyl groups is 1. The Balaban J connectivity index is 1.82. The normalized spacial score (nSPS) is 14.4. The number of phenols is 1. The fourth-order valence-electron chi connectivity index (χ4n) is 2.63. The monoisotopic (exact) mass is 364 g/mol. The molecule has 1 N–H and O–H groups in total. The molecule has 0 saturated carbocycles. The second-order valence-corrected chi connectivity index (χ2v) is 6.33. The number of amides is 2. The molecule has 126 valence electrons. The number of fused-ring (bicyclic) bond motifs is 2. The van der Waals surface area contributed by atoms with Crippen LogP contribution in [0.25, 0.3) is 10.2 Å². The molecule has 1 aliphatic heterocycles. The van der Waals surface area contributed by atoms with Crippen LogP contribution in [-0.4, -0.2) is 21.9 Å². The lowest BCUT2D eigenvalue weighted by atomic mass is 10.1. The summed E-state index contributed by atoms with van der Waals surface area (Å²) in [5.74, 6) is -1.77. The maximum atomic E-state index is 12.8. The first kappa shape index (κ1) is 15.6. The van der Waals surface area contributed by atoms with Crippen molar-refractivity contribution in [3.05, 3.63) is 53.1 Å². The average molecular weight is 364 g/mol. The van der Waals surface area contributed by atoms with Crippen molar-refractivity contribution >= 4 is 38.5 Å². The predicted octanol–water partition coefficient (Wildman–Crippen LogP) is 3.82. The van der Waals surface area contributed by atoms with Gasteiger partial charge in [-0.1, -0.05) is 17.4 Å². The molecule has 2 aromatic carbocycles. The summed E-state index contributed by atoms with van der Waals surface area (Å²) in [6, 6.07) is 7.10. The van der Waals surface area contributed by atoms with Gasteiger partial charge in [-0.25, -0.2) is 9.88 Å². The molecule has 3 aromatic rings. The van der Waals surface area contributed by atoms with Gasteiger partial charge in [0.05, 0.1) is 26.9 Å². The lowest BCUT2D eigenvalue weighted by Crippen LogP contribution is -2.29. The second kappa shape index (κ2) is 5.03. The molecule has 25 heavy (non-hydrogen) atoms. The highest BCUT2D eigenvalue weighted by Crippen LogP contribution is 2.39. The first-order valence-electron chi connectivity index (χ1n) is 6.96. The van der Waals surface area contributed by atoms with E-state index in [2.05, 4.69) is 4.98 Å². The van der Waals surface area contributed by atoms with Gasteiger partial charge in [0, 0.05) is 0 Å². The van der Waals surface area contributed by atoms with Gasteiger partial charge in [0.2, 0.25) is 5.13 Å². The molecule has 0 aliphatic carbocycles. The minimum absolute atomic E-state index is 0.0280.